The van der Waals surface area contributed by atoms with Crippen LogP contribution in [0.1, 0.15) is 5.89 Å². The molecule has 0 aliphatic heterocycles. The number of aryl methyl sites for hydroxylation is 1. The first-order chi connectivity index (χ1) is 10.8. The van der Waals surface area contributed by atoms with Crippen molar-refractivity contribution in [3.05, 3.63) is 54.4 Å². The van der Waals surface area contributed by atoms with Crippen LogP contribution < -0.4 is 0 Å². The van der Waals surface area contributed by atoms with Gasteiger partial charge in [-0.3, -0.25) is 4.40 Å². The van der Waals surface area contributed by atoms with Crippen LogP contribution in [-0.4, -0.2) is 24.1 Å². The van der Waals surface area contributed by atoms with Crippen LogP contribution in [0, 0.1) is 6.92 Å². The zero-order chi connectivity index (χ0) is 14.7. The first-order valence-electron chi connectivity index (χ1n) is 7.00. The van der Waals surface area contributed by atoms with E-state index in [0.717, 1.165) is 27.8 Å². The van der Waals surface area contributed by atoms with E-state index in [0.29, 0.717) is 11.8 Å². The fourth-order valence-electron chi connectivity index (χ4n) is 2.93. The Balaban J connectivity index is 2.06. The third kappa shape index (κ3) is 1.36. The third-order valence-corrected chi connectivity index (χ3v) is 3.82. The van der Waals surface area contributed by atoms with Crippen LogP contribution in [0.4, 0.5) is 0 Å². The van der Waals surface area contributed by atoms with Gasteiger partial charge in [0.2, 0.25) is 11.7 Å². The van der Waals surface area contributed by atoms with Gasteiger partial charge >= 0.3 is 0 Å². The minimum absolute atomic E-state index is 0.499. The Bertz CT molecular complexity index is 1150. The largest absolute Gasteiger partial charge is 0.338 e. The van der Waals surface area contributed by atoms with Crippen LogP contribution >= 0.6 is 0 Å². The molecule has 0 N–H and O–H groups in total. The van der Waals surface area contributed by atoms with Gasteiger partial charge in [-0.05, 0) is 29.4 Å². The fraction of sp³-hybridized carbons (Fsp3) is 0.0625. The van der Waals surface area contributed by atoms with E-state index in [1.165, 1.54) is 0 Å². The van der Waals surface area contributed by atoms with Crippen molar-refractivity contribution in [2.24, 2.45) is 0 Å². The van der Waals surface area contributed by atoms with Gasteiger partial charge in [0.1, 0.15) is 0 Å². The van der Waals surface area contributed by atoms with Crippen LogP contribution in [0.5, 0.6) is 0 Å². The zero-order valence-corrected chi connectivity index (χ0v) is 11.8. The molecule has 0 saturated carbocycles. The molecule has 0 aliphatic carbocycles. The molecule has 0 aliphatic rings. The van der Waals surface area contributed by atoms with E-state index in [2.05, 4.69) is 26.7 Å². The van der Waals surface area contributed by atoms with E-state index in [1.54, 1.807) is 6.92 Å². The number of fused-ring (bicyclic) bond motifs is 5. The molecule has 3 aromatic heterocycles. The second kappa shape index (κ2) is 3.94. The van der Waals surface area contributed by atoms with Crippen molar-refractivity contribution >= 4 is 27.8 Å². The quantitative estimate of drug-likeness (QED) is 0.475. The lowest BCUT2D eigenvalue weighted by molar-refractivity contribution is 0.391. The molecule has 6 heteroatoms. The summed E-state index contributed by atoms with van der Waals surface area (Å²) >= 11 is 0. The summed E-state index contributed by atoms with van der Waals surface area (Å²) in [6.07, 6.45) is 0. The molecule has 0 unspecified atom stereocenters. The average Bonchev–Trinajstić information content (AvgIpc) is 3.19. The molecule has 0 spiro atoms. The van der Waals surface area contributed by atoms with E-state index in [-0.39, 0.29) is 0 Å². The Hall–Kier alpha value is -3.15. The SMILES string of the molecule is Cc1nc(-n2c3ccccc3n3c4ccccc4nc23)no1. The van der Waals surface area contributed by atoms with Crippen molar-refractivity contribution in [3.63, 3.8) is 0 Å². The summed E-state index contributed by atoms with van der Waals surface area (Å²) in [6, 6.07) is 16.2. The summed E-state index contributed by atoms with van der Waals surface area (Å²) in [5.74, 6) is 1.81. The van der Waals surface area contributed by atoms with Crippen LogP contribution in [0.2, 0.25) is 0 Å². The maximum absolute atomic E-state index is 5.14. The average molecular weight is 289 g/mol. The van der Waals surface area contributed by atoms with Gasteiger partial charge in [0.05, 0.1) is 22.1 Å². The molecule has 0 amide bonds. The normalized spacial score (nSPS) is 11.9. The van der Waals surface area contributed by atoms with Gasteiger partial charge in [-0.15, -0.1) is 0 Å². The molecule has 5 rings (SSSR count). The van der Waals surface area contributed by atoms with Crippen LogP contribution in [0.25, 0.3) is 33.8 Å². The van der Waals surface area contributed by atoms with Crippen molar-refractivity contribution in [2.45, 2.75) is 6.92 Å². The Kier molecular flexibility index (Phi) is 2.06. The number of hydrogen-bond donors (Lipinski definition) is 0. The molecular weight excluding hydrogens is 278 g/mol. The number of imidazole rings is 2. The summed E-state index contributed by atoms with van der Waals surface area (Å²) < 4.78 is 9.19. The van der Waals surface area contributed by atoms with E-state index in [4.69, 9.17) is 9.51 Å². The maximum atomic E-state index is 5.14. The van der Waals surface area contributed by atoms with Gasteiger partial charge in [-0.2, -0.15) is 4.98 Å². The summed E-state index contributed by atoms with van der Waals surface area (Å²) in [7, 11) is 0. The van der Waals surface area contributed by atoms with Crippen molar-refractivity contribution in [3.8, 4) is 5.95 Å². The Morgan fingerprint density at radius 1 is 0.864 bits per heavy atom. The van der Waals surface area contributed by atoms with Gasteiger partial charge < -0.3 is 4.52 Å². The molecule has 0 radical (unpaired) electrons. The first kappa shape index (κ1) is 11.5. The predicted molar refractivity (Wildman–Crippen MR) is 82.1 cm³/mol. The molecule has 22 heavy (non-hydrogen) atoms. The molecule has 3 heterocycles. The second-order valence-corrected chi connectivity index (χ2v) is 5.17. The molecule has 5 aromatic rings. The minimum atomic E-state index is 0.499. The number of nitrogens with zero attached hydrogens (tertiary/aromatic N) is 5. The number of aromatic nitrogens is 5. The summed E-state index contributed by atoms with van der Waals surface area (Å²) in [4.78, 5) is 9.10. The number of benzene rings is 2. The Morgan fingerprint density at radius 3 is 2.36 bits per heavy atom. The van der Waals surface area contributed by atoms with E-state index >= 15 is 0 Å². The highest BCUT2D eigenvalue weighted by Gasteiger charge is 2.19. The maximum Gasteiger partial charge on any atom is 0.277 e. The molecule has 0 fully saturated rings. The van der Waals surface area contributed by atoms with Crippen molar-refractivity contribution < 1.29 is 4.52 Å². The van der Waals surface area contributed by atoms with Gasteiger partial charge in [-0.25, -0.2) is 9.55 Å². The molecule has 2 aromatic carbocycles. The lowest BCUT2D eigenvalue weighted by atomic mass is 10.3. The van der Waals surface area contributed by atoms with E-state index < -0.39 is 0 Å². The van der Waals surface area contributed by atoms with Gasteiger partial charge in [0.25, 0.3) is 5.95 Å². The van der Waals surface area contributed by atoms with E-state index in [1.807, 2.05) is 41.0 Å². The standard InChI is InChI=1S/C16H11N5O/c1-10-17-15(19-22-10)21-14-9-5-4-8-13(14)20-12-7-3-2-6-11(12)18-16(20)21/h2-9H,1H3. The number of rotatable bonds is 1. The van der Waals surface area contributed by atoms with Gasteiger partial charge in [-0.1, -0.05) is 24.3 Å². The molecule has 0 saturated heterocycles. The van der Waals surface area contributed by atoms with Crippen molar-refractivity contribution in [1.82, 2.24) is 24.1 Å². The molecule has 0 atom stereocenters. The van der Waals surface area contributed by atoms with Crippen molar-refractivity contribution in [1.29, 1.82) is 0 Å². The van der Waals surface area contributed by atoms with Gasteiger partial charge in [0.15, 0.2) is 0 Å². The van der Waals surface area contributed by atoms with Crippen LogP contribution in [0.3, 0.4) is 0 Å². The Morgan fingerprint density at radius 2 is 1.59 bits per heavy atom. The molecular formula is C16H11N5O. The number of hydrogen-bond acceptors (Lipinski definition) is 4. The highest BCUT2D eigenvalue weighted by Crippen LogP contribution is 2.27. The predicted octanol–water partition coefficient (Wildman–Crippen LogP) is 3.12. The lowest BCUT2D eigenvalue weighted by Gasteiger charge is -1.97. The monoisotopic (exact) mass is 289 g/mol. The first-order valence-corrected chi connectivity index (χ1v) is 7.00. The lowest BCUT2D eigenvalue weighted by Crippen LogP contribution is -1.97. The van der Waals surface area contributed by atoms with Crippen LogP contribution in [-0.2, 0) is 0 Å². The topological polar surface area (TPSA) is 61.2 Å². The smallest absolute Gasteiger partial charge is 0.277 e. The van der Waals surface area contributed by atoms with Gasteiger partial charge in [0, 0.05) is 6.92 Å². The molecule has 6 nitrogen and oxygen atoms in total. The van der Waals surface area contributed by atoms with Crippen LogP contribution in [0.15, 0.2) is 53.1 Å². The highest BCUT2D eigenvalue weighted by molar-refractivity contribution is 5.91. The summed E-state index contributed by atoms with van der Waals surface area (Å²) in [6.45, 7) is 1.78. The number of para-hydroxylation sites is 4. The second-order valence-electron chi connectivity index (χ2n) is 5.17. The fourth-order valence-corrected chi connectivity index (χ4v) is 2.93. The zero-order valence-electron chi connectivity index (χ0n) is 11.8. The summed E-state index contributed by atoms with van der Waals surface area (Å²) in [5, 5.41) is 4.05. The Labute approximate surface area is 124 Å². The molecule has 0 bridgehead atoms. The van der Waals surface area contributed by atoms with E-state index in [9.17, 15) is 0 Å². The summed E-state index contributed by atoms with van der Waals surface area (Å²) in [5.41, 5.74) is 4.06. The third-order valence-electron chi connectivity index (χ3n) is 3.82. The van der Waals surface area contributed by atoms with Crippen molar-refractivity contribution in [2.75, 3.05) is 0 Å². The highest BCUT2D eigenvalue weighted by atomic mass is 16.5. The molecule has 106 valence electrons. The minimum Gasteiger partial charge on any atom is -0.338 e.